The Bertz CT molecular complexity index is 244. The fourth-order valence-corrected chi connectivity index (χ4v) is 1.69. The van der Waals surface area contributed by atoms with Gasteiger partial charge in [-0.3, -0.25) is 0 Å². The highest BCUT2D eigenvalue weighted by atomic mass is 16.2. The highest BCUT2D eigenvalue weighted by molar-refractivity contribution is 5.75. The van der Waals surface area contributed by atoms with Gasteiger partial charge in [0.2, 0.25) is 0 Å². The molecule has 3 nitrogen and oxygen atoms in total. The standard InChI is InChI=1S/C11H18N2O/c1-4-10(3)12-11(14)13-7-5-6-9(2)8-13/h1,9-10H,5-8H2,2-3H3,(H,12,14). The van der Waals surface area contributed by atoms with E-state index in [0.717, 1.165) is 19.5 Å². The van der Waals surface area contributed by atoms with E-state index in [1.54, 1.807) is 0 Å². The molecule has 0 saturated carbocycles. The molecule has 1 fully saturated rings. The molecule has 2 unspecified atom stereocenters. The molecule has 2 amide bonds. The van der Waals surface area contributed by atoms with E-state index in [4.69, 9.17) is 6.42 Å². The summed E-state index contributed by atoms with van der Waals surface area (Å²) < 4.78 is 0. The molecule has 1 aliphatic heterocycles. The van der Waals surface area contributed by atoms with Crippen LogP contribution < -0.4 is 5.32 Å². The Balaban J connectivity index is 2.40. The maximum absolute atomic E-state index is 11.6. The number of nitrogens with zero attached hydrogens (tertiary/aromatic N) is 1. The molecule has 0 aromatic carbocycles. The van der Waals surface area contributed by atoms with Crippen LogP contribution in [0.4, 0.5) is 4.79 Å². The largest absolute Gasteiger partial charge is 0.325 e. The van der Waals surface area contributed by atoms with Gasteiger partial charge in [0.05, 0.1) is 6.04 Å². The number of amides is 2. The Morgan fingerprint density at radius 1 is 1.71 bits per heavy atom. The van der Waals surface area contributed by atoms with Gasteiger partial charge in [0.15, 0.2) is 0 Å². The van der Waals surface area contributed by atoms with Crippen molar-refractivity contribution in [3.05, 3.63) is 0 Å². The second-order valence-corrected chi connectivity index (χ2v) is 4.03. The van der Waals surface area contributed by atoms with Crippen molar-refractivity contribution in [3.63, 3.8) is 0 Å². The first-order valence-electron chi connectivity index (χ1n) is 5.15. The van der Waals surface area contributed by atoms with Gasteiger partial charge in [-0.05, 0) is 25.7 Å². The van der Waals surface area contributed by atoms with Gasteiger partial charge in [-0.15, -0.1) is 6.42 Å². The van der Waals surface area contributed by atoms with Gasteiger partial charge in [0, 0.05) is 13.1 Å². The number of rotatable bonds is 1. The van der Waals surface area contributed by atoms with Crippen LogP contribution in [0.15, 0.2) is 0 Å². The average molecular weight is 194 g/mol. The van der Waals surface area contributed by atoms with Gasteiger partial charge < -0.3 is 10.2 Å². The summed E-state index contributed by atoms with van der Waals surface area (Å²) >= 11 is 0. The summed E-state index contributed by atoms with van der Waals surface area (Å²) in [5.41, 5.74) is 0. The lowest BCUT2D eigenvalue weighted by atomic mass is 10.0. The van der Waals surface area contributed by atoms with Crippen molar-refractivity contribution in [1.29, 1.82) is 0 Å². The van der Waals surface area contributed by atoms with E-state index in [2.05, 4.69) is 18.2 Å². The zero-order valence-corrected chi connectivity index (χ0v) is 8.92. The summed E-state index contributed by atoms with van der Waals surface area (Å²) in [7, 11) is 0. The predicted octanol–water partition coefficient (Wildman–Crippen LogP) is 1.45. The summed E-state index contributed by atoms with van der Waals surface area (Å²) in [5, 5.41) is 2.77. The first-order valence-corrected chi connectivity index (χ1v) is 5.15. The Kier molecular flexibility index (Phi) is 3.82. The maximum Gasteiger partial charge on any atom is 0.318 e. The fraction of sp³-hybridized carbons (Fsp3) is 0.727. The molecule has 1 saturated heterocycles. The van der Waals surface area contributed by atoms with E-state index in [-0.39, 0.29) is 12.1 Å². The number of carbonyl (C=O) groups is 1. The molecule has 2 atom stereocenters. The number of carbonyl (C=O) groups excluding carboxylic acids is 1. The lowest BCUT2D eigenvalue weighted by Gasteiger charge is -2.31. The first-order chi connectivity index (χ1) is 6.63. The Morgan fingerprint density at radius 2 is 2.43 bits per heavy atom. The molecule has 1 aliphatic rings. The summed E-state index contributed by atoms with van der Waals surface area (Å²) in [5.74, 6) is 3.09. The summed E-state index contributed by atoms with van der Waals surface area (Å²) in [6.07, 6.45) is 7.51. The molecule has 0 bridgehead atoms. The van der Waals surface area contributed by atoms with Crippen LogP contribution in [0.5, 0.6) is 0 Å². The number of piperidine rings is 1. The van der Waals surface area contributed by atoms with Crippen LogP contribution in [0, 0.1) is 18.3 Å². The minimum Gasteiger partial charge on any atom is -0.325 e. The van der Waals surface area contributed by atoms with E-state index < -0.39 is 0 Å². The highest BCUT2D eigenvalue weighted by Crippen LogP contribution is 2.15. The minimum absolute atomic E-state index is 0.0259. The molecule has 3 heteroatoms. The van der Waals surface area contributed by atoms with Crippen molar-refractivity contribution in [1.82, 2.24) is 10.2 Å². The maximum atomic E-state index is 11.6. The highest BCUT2D eigenvalue weighted by Gasteiger charge is 2.21. The fourth-order valence-electron chi connectivity index (χ4n) is 1.69. The molecule has 0 aromatic rings. The average Bonchev–Trinajstić information content (AvgIpc) is 2.17. The monoisotopic (exact) mass is 194 g/mol. The molecule has 0 radical (unpaired) electrons. The van der Waals surface area contributed by atoms with Gasteiger partial charge in [-0.2, -0.15) is 0 Å². The Hall–Kier alpha value is -1.17. The van der Waals surface area contributed by atoms with E-state index >= 15 is 0 Å². The minimum atomic E-state index is -0.181. The number of urea groups is 1. The predicted molar refractivity (Wildman–Crippen MR) is 56.8 cm³/mol. The van der Waals surface area contributed by atoms with Crippen LogP contribution >= 0.6 is 0 Å². The van der Waals surface area contributed by atoms with E-state index in [0.29, 0.717) is 5.92 Å². The van der Waals surface area contributed by atoms with Crippen LogP contribution in [0.2, 0.25) is 0 Å². The van der Waals surface area contributed by atoms with Gasteiger partial charge in [0.25, 0.3) is 0 Å². The summed E-state index contributed by atoms with van der Waals surface area (Å²) in [6, 6.07) is -0.207. The third-order valence-electron chi connectivity index (χ3n) is 2.53. The topological polar surface area (TPSA) is 32.3 Å². The van der Waals surface area contributed by atoms with Crippen LogP contribution in [-0.2, 0) is 0 Å². The van der Waals surface area contributed by atoms with E-state index in [9.17, 15) is 4.79 Å². The zero-order chi connectivity index (χ0) is 10.6. The molecular weight excluding hydrogens is 176 g/mol. The first kappa shape index (κ1) is 10.9. The molecule has 0 spiro atoms. The van der Waals surface area contributed by atoms with Crippen molar-refractivity contribution in [2.45, 2.75) is 32.7 Å². The van der Waals surface area contributed by atoms with Gasteiger partial charge in [-0.1, -0.05) is 12.8 Å². The lowest BCUT2D eigenvalue weighted by Crippen LogP contribution is -2.47. The number of terminal acetylenes is 1. The summed E-state index contributed by atoms with van der Waals surface area (Å²) in [6.45, 7) is 5.69. The molecule has 0 aliphatic carbocycles. The molecule has 1 N–H and O–H groups in total. The van der Waals surface area contributed by atoms with Crippen LogP contribution in [-0.4, -0.2) is 30.1 Å². The molecule has 0 aromatic heterocycles. The second kappa shape index (κ2) is 4.90. The van der Waals surface area contributed by atoms with Crippen LogP contribution in [0.3, 0.4) is 0 Å². The third kappa shape index (κ3) is 2.95. The van der Waals surface area contributed by atoms with Crippen molar-refractivity contribution >= 4 is 6.03 Å². The normalized spacial score (nSPS) is 23.8. The Labute approximate surface area is 85.9 Å². The molecule has 1 rings (SSSR count). The van der Waals surface area contributed by atoms with Crippen molar-refractivity contribution in [2.75, 3.05) is 13.1 Å². The quantitative estimate of drug-likeness (QED) is 0.630. The van der Waals surface area contributed by atoms with Crippen LogP contribution in [0.25, 0.3) is 0 Å². The second-order valence-electron chi connectivity index (χ2n) is 4.03. The molecular formula is C11H18N2O. The molecule has 78 valence electrons. The van der Waals surface area contributed by atoms with Crippen molar-refractivity contribution in [3.8, 4) is 12.3 Å². The van der Waals surface area contributed by atoms with E-state index in [1.807, 2.05) is 11.8 Å². The van der Waals surface area contributed by atoms with Gasteiger partial charge in [-0.25, -0.2) is 4.79 Å². The Morgan fingerprint density at radius 3 is 3.00 bits per heavy atom. The number of hydrogen-bond acceptors (Lipinski definition) is 1. The smallest absolute Gasteiger partial charge is 0.318 e. The number of likely N-dealkylation sites (tertiary alicyclic amines) is 1. The van der Waals surface area contributed by atoms with Gasteiger partial charge in [0.1, 0.15) is 0 Å². The number of hydrogen-bond donors (Lipinski definition) is 1. The summed E-state index contributed by atoms with van der Waals surface area (Å²) in [4.78, 5) is 13.5. The molecule has 14 heavy (non-hydrogen) atoms. The van der Waals surface area contributed by atoms with Crippen molar-refractivity contribution < 1.29 is 4.79 Å². The molecule has 1 heterocycles. The number of nitrogens with one attached hydrogen (secondary N) is 1. The zero-order valence-electron chi connectivity index (χ0n) is 8.92. The third-order valence-corrected chi connectivity index (χ3v) is 2.53. The lowest BCUT2D eigenvalue weighted by molar-refractivity contribution is 0.169. The SMILES string of the molecule is C#CC(C)NC(=O)N1CCCC(C)C1. The van der Waals surface area contributed by atoms with Crippen molar-refractivity contribution in [2.24, 2.45) is 5.92 Å². The van der Waals surface area contributed by atoms with E-state index in [1.165, 1.54) is 6.42 Å². The van der Waals surface area contributed by atoms with Crippen LogP contribution in [0.1, 0.15) is 26.7 Å². The van der Waals surface area contributed by atoms with Gasteiger partial charge >= 0.3 is 6.03 Å².